The van der Waals surface area contributed by atoms with Gasteiger partial charge in [0.25, 0.3) is 5.91 Å². The molecule has 3 aromatic rings. The van der Waals surface area contributed by atoms with Gasteiger partial charge >= 0.3 is 0 Å². The molecule has 1 aromatic carbocycles. The average Bonchev–Trinajstić information content (AvgIpc) is 3.07. The van der Waals surface area contributed by atoms with Crippen LogP contribution in [0, 0.1) is 11.6 Å². The first-order valence-corrected chi connectivity index (χ1v) is 9.27. The molecule has 1 amide bonds. The van der Waals surface area contributed by atoms with Crippen molar-refractivity contribution in [3.63, 3.8) is 0 Å². The second-order valence-corrected chi connectivity index (χ2v) is 7.35. The lowest BCUT2D eigenvalue weighted by Gasteiger charge is -2.25. The van der Waals surface area contributed by atoms with Crippen LogP contribution in [-0.4, -0.2) is 27.3 Å². The zero-order valence-electron chi connectivity index (χ0n) is 14.3. The first-order chi connectivity index (χ1) is 13.1. The summed E-state index contributed by atoms with van der Waals surface area (Å²) >= 11 is 1.43. The summed E-state index contributed by atoms with van der Waals surface area (Å²) in [6, 6.07) is 9.13. The van der Waals surface area contributed by atoms with Crippen LogP contribution in [0.15, 0.2) is 42.6 Å². The molecule has 0 saturated carbocycles. The van der Waals surface area contributed by atoms with Gasteiger partial charge in [0.05, 0.1) is 5.69 Å². The Bertz CT molecular complexity index is 977. The monoisotopic (exact) mass is 386 g/mol. The molecule has 1 N–H and O–H groups in total. The number of hydrogen-bond donors (Lipinski definition) is 1. The van der Waals surface area contributed by atoms with Gasteiger partial charge in [-0.25, -0.2) is 13.8 Å². The summed E-state index contributed by atoms with van der Waals surface area (Å²) in [6.07, 6.45) is 2.31. The third-order valence-electron chi connectivity index (χ3n) is 4.32. The maximum atomic E-state index is 13.4. The highest BCUT2D eigenvalue weighted by Gasteiger charge is 2.22. The van der Waals surface area contributed by atoms with Crippen molar-refractivity contribution in [2.75, 3.05) is 11.9 Å². The molecule has 1 aliphatic rings. The van der Waals surface area contributed by atoms with E-state index in [-0.39, 0.29) is 5.91 Å². The fourth-order valence-electron chi connectivity index (χ4n) is 2.99. The van der Waals surface area contributed by atoms with Crippen molar-refractivity contribution in [2.24, 2.45) is 0 Å². The largest absolute Gasteiger partial charge is 0.296 e. The van der Waals surface area contributed by atoms with Gasteiger partial charge in [0.15, 0.2) is 16.8 Å². The van der Waals surface area contributed by atoms with Crippen molar-refractivity contribution >= 4 is 22.4 Å². The van der Waals surface area contributed by atoms with E-state index in [0.717, 1.165) is 35.2 Å². The van der Waals surface area contributed by atoms with Crippen molar-refractivity contribution in [3.05, 3.63) is 76.1 Å². The van der Waals surface area contributed by atoms with Crippen LogP contribution >= 0.6 is 11.3 Å². The van der Waals surface area contributed by atoms with Crippen LogP contribution < -0.4 is 5.32 Å². The molecule has 0 spiro atoms. The predicted octanol–water partition coefficient (Wildman–Crippen LogP) is 3.63. The third kappa shape index (κ3) is 4.01. The van der Waals surface area contributed by atoms with Crippen molar-refractivity contribution < 1.29 is 13.6 Å². The number of fused-ring (bicyclic) bond motifs is 1. The number of nitrogens with one attached hydrogen (secondary N) is 1. The number of hydrogen-bond acceptors (Lipinski definition) is 5. The molecule has 3 heterocycles. The molecule has 0 atom stereocenters. The van der Waals surface area contributed by atoms with Crippen molar-refractivity contribution in [3.8, 4) is 0 Å². The molecule has 27 heavy (non-hydrogen) atoms. The summed E-state index contributed by atoms with van der Waals surface area (Å²) in [5.41, 5.74) is 2.04. The molecule has 4 rings (SSSR count). The standard InChI is InChI=1S/C19H16F2N4OS/c20-13-5-4-12(9-14(13)21)10-25-8-6-15-17(11-25)27-19(23-15)24-18(26)16-3-1-2-7-22-16/h1-5,7,9H,6,8,10-11H2,(H,23,24,26). The number of benzene rings is 1. The number of amides is 1. The Hall–Kier alpha value is -2.71. The Morgan fingerprint density at radius 1 is 1.22 bits per heavy atom. The van der Waals surface area contributed by atoms with Crippen molar-refractivity contribution in [1.29, 1.82) is 0 Å². The van der Waals surface area contributed by atoms with Gasteiger partial charge in [-0.1, -0.05) is 12.1 Å². The fourth-order valence-corrected chi connectivity index (χ4v) is 4.04. The van der Waals surface area contributed by atoms with E-state index in [4.69, 9.17) is 0 Å². The number of nitrogens with zero attached hydrogens (tertiary/aromatic N) is 3. The minimum atomic E-state index is -0.838. The topological polar surface area (TPSA) is 58.1 Å². The summed E-state index contributed by atoms with van der Waals surface area (Å²) in [4.78, 5) is 24.0. The highest BCUT2D eigenvalue weighted by molar-refractivity contribution is 7.15. The zero-order chi connectivity index (χ0) is 18.8. The first kappa shape index (κ1) is 17.7. The number of pyridine rings is 1. The number of carbonyl (C=O) groups is 1. The Kier molecular flexibility index (Phi) is 4.91. The molecule has 1 aliphatic heterocycles. The molecule has 8 heteroatoms. The van der Waals surface area contributed by atoms with Crippen molar-refractivity contribution in [2.45, 2.75) is 19.5 Å². The lowest BCUT2D eigenvalue weighted by atomic mass is 10.1. The smallest absolute Gasteiger partial charge is 0.276 e. The van der Waals surface area contributed by atoms with E-state index < -0.39 is 11.6 Å². The van der Waals surface area contributed by atoms with Crippen LogP contribution in [-0.2, 0) is 19.5 Å². The van der Waals surface area contributed by atoms with Crippen LogP contribution in [0.4, 0.5) is 13.9 Å². The van der Waals surface area contributed by atoms with Gasteiger partial charge in [-0.3, -0.25) is 20.0 Å². The second-order valence-electron chi connectivity index (χ2n) is 6.27. The summed E-state index contributed by atoms with van der Waals surface area (Å²) < 4.78 is 26.5. The van der Waals surface area contributed by atoms with Gasteiger partial charge in [-0.05, 0) is 29.8 Å². The minimum Gasteiger partial charge on any atom is -0.296 e. The summed E-state index contributed by atoms with van der Waals surface area (Å²) in [5, 5.41) is 3.34. The van der Waals surface area contributed by atoms with Gasteiger partial charge in [-0.2, -0.15) is 0 Å². The van der Waals surface area contributed by atoms with E-state index >= 15 is 0 Å². The van der Waals surface area contributed by atoms with E-state index in [1.165, 1.54) is 17.4 Å². The van der Waals surface area contributed by atoms with E-state index in [2.05, 4.69) is 20.2 Å². The van der Waals surface area contributed by atoms with E-state index in [1.54, 1.807) is 30.5 Å². The molecule has 138 valence electrons. The van der Waals surface area contributed by atoms with Gasteiger partial charge in [-0.15, -0.1) is 11.3 Å². The lowest BCUT2D eigenvalue weighted by Crippen LogP contribution is -2.29. The van der Waals surface area contributed by atoms with Crippen LogP contribution in [0.25, 0.3) is 0 Å². The Labute approximate surface area is 158 Å². The van der Waals surface area contributed by atoms with Crippen molar-refractivity contribution in [1.82, 2.24) is 14.9 Å². The Balaban J connectivity index is 1.43. The van der Waals surface area contributed by atoms with Crippen LogP contribution in [0.2, 0.25) is 0 Å². The van der Waals surface area contributed by atoms with Crippen LogP contribution in [0.1, 0.15) is 26.6 Å². The second kappa shape index (κ2) is 7.50. The Morgan fingerprint density at radius 3 is 2.89 bits per heavy atom. The molecule has 2 aromatic heterocycles. The molecule has 5 nitrogen and oxygen atoms in total. The number of carbonyl (C=O) groups excluding carboxylic acids is 1. The van der Waals surface area contributed by atoms with Gasteiger partial charge in [0, 0.05) is 37.1 Å². The predicted molar refractivity (Wildman–Crippen MR) is 98.5 cm³/mol. The molecule has 0 bridgehead atoms. The van der Waals surface area contributed by atoms with E-state index in [0.29, 0.717) is 23.9 Å². The SMILES string of the molecule is O=C(Nc1nc2c(s1)CN(Cc1ccc(F)c(F)c1)CC2)c1ccccn1. The molecule has 0 aliphatic carbocycles. The molecule has 0 saturated heterocycles. The van der Waals surface area contributed by atoms with Gasteiger partial charge in [0.1, 0.15) is 5.69 Å². The summed E-state index contributed by atoms with van der Waals surface area (Å²) in [6.45, 7) is 1.96. The number of anilines is 1. The molecular weight excluding hydrogens is 370 g/mol. The average molecular weight is 386 g/mol. The molecule has 0 radical (unpaired) electrons. The van der Waals surface area contributed by atoms with Gasteiger partial charge < -0.3 is 0 Å². The van der Waals surface area contributed by atoms with E-state index in [1.807, 2.05) is 0 Å². The number of aromatic nitrogens is 2. The van der Waals surface area contributed by atoms with E-state index in [9.17, 15) is 13.6 Å². The third-order valence-corrected chi connectivity index (χ3v) is 5.32. The van der Waals surface area contributed by atoms with Crippen LogP contribution in [0.5, 0.6) is 0 Å². The van der Waals surface area contributed by atoms with Gasteiger partial charge in [0.2, 0.25) is 0 Å². The maximum absolute atomic E-state index is 13.4. The number of rotatable bonds is 4. The quantitative estimate of drug-likeness (QED) is 0.744. The highest BCUT2D eigenvalue weighted by atomic mass is 32.1. The summed E-state index contributed by atoms with van der Waals surface area (Å²) in [5.74, 6) is -1.96. The fraction of sp³-hybridized carbons (Fsp3) is 0.211. The summed E-state index contributed by atoms with van der Waals surface area (Å²) in [7, 11) is 0. The minimum absolute atomic E-state index is 0.291. The number of halogens is 2. The molecule has 0 unspecified atom stereocenters. The lowest BCUT2D eigenvalue weighted by molar-refractivity contribution is 0.102. The molecular formula is C19H16F2N4OS. The Morgan fingerprint density at radius 2 is 2.11 bits per heavy atom. The number of thiazole rings is 1. The highest BCUT2D eigenvalue weighted by Crippen LogP contribution is 2.29. The normalized spacial score (nSPS) is 14.0. The first-order valence-electron chi connectivity index (χ1n) is 8.46. The zero-order valence-corrected chi connectivity index (χ0v) is 15.1. The molecule has 0 fully saturated rings. The maximum Gasteiger partial charge on any atom is 0.276 e. The van der Waals surface area contributed by atoms with Crippen LogP contribution in [0.3, 0.4) is 0 Å².